The van der Waals surface area contributed by atoms with Crippen LogP contribution < -0.4 is 4.74 Å². The molecule has 2 aromatic heterocycles. The van der Waals surface area contributed by atoms with Crippen LogP contribution in [-0.2, 0) is 16.6 Å². The number of sulfonamides is 1. The minimum absolute atomic E-state index is 0.0171. The number of benzene rings is 2. The van der Waals surface area contributed by atoms with Crippen molar-refractivity contribution in [2.75, 3.05) is 20.3 Å². The van der Waals surface area contributed by atoms with Gasteiger partial charge in [0.15, 0.2) is 5.84 Å². The van der Waals surface area contributed by atoms with Gasteiger partial charge in [0.05, 0.1) is 12.2 Å². The molecule has 5 rings (SSSR count). The highest BCUT2D eigenvalue weighted by atomic mass is 32.2. The summed E-state index contributed by atoms with van der Waals surface area (Å²) in [6.45, 7) is -0.361. The van der Waals surface area contributed by atoms with Gasteiger partial charge in [-0.2, -0.15) is 5.10 Å². The first-order valence-electron chi connectivity index (χ1n) is 10.9. The molecule has 0 fully saturated rings. The summed E-state index contributed by atoms with van der Waals surface area (Å²) in [5.74, 6) is 0.840. The summed E-state index contributed by atoms with van der Waals surface area (Å²) in [5.41, 5.74) is 3.75. The predicted molar refractivity (Wildman–Crippen MR) is 131 cm³/mol. The summed E-state index contributed by atoms with van der Waals surface area (Å²) < 4.78 is 47.1. The molecule has 8 nitrogen and oxygen atoms in total. The second-order valence-corrected chi connectivity index (χ2v) is 9.80. The maximum atomic E-state index is 12.9. The Morgan fingerprint density at radius 1 is 0.971 bits per heavy atom. The highest BCUT2D eigenvalue weighted by Crippen LogP contribution is 2.33. The Balaban J connectivity index is 1.38. The maximum Gasteiger partial charge on any atom is 0.267 e. The lowest BCUT2D eigenvalue weighted by Gasteiger charge is -2.26. The number of pyridine rings is 1. The lowest BCUT2D eigenvalue weighted by atomic mass is 10.0. The van der Waals surface area contributed by atoms with Crippen LogP contribution in [0.4, 0.5) is 10.1 Å². The lowest BCUT2D eigenvalue weighted by molar-refractivity contribution is 0.365. The molecule has 3 heterocycles. The number of aryl methyl sites for hydroxylation is 1. The molecule has 0 amide bonds. The number of hydrogen-bond acceptors (Lipinski definition) is 6. The van der Waals surface area contributed by atoms with Gasteiger partial charge in [-0.25, -0.2) is 17.8 Å². The van der Waals surface area contributed by atoms with E-state index >= 15 is 0 Å². The van der Waals surface area contributed by atoms with Gasteiger partial charge in [-0.15, -0.1) is 0 Å². The van der Waals surface area contributed by atoms with Gasteiger partial charge in [0.2, 0.25) is 0 Å². The van der Waals surface area contributed by atoms with Crippen LogP contribution in [-0.4, -0.2) is 53.7 Å². The predicted octanol–water partition coefficient (Wildman–Crippen LogP) is 4.32. The average Bonchev–Trinajstić information content (AvgIpc) is 3.30. The number of ether oxygens (including phenoxy) is 1. The summed E-state index contributed by atoms with van der Waals surface area (Å²) in [4.78, 5) is 8.69. The van der Waals surface area contributed by atoms with Crippen LogP contribution in [0.2, 0.25) is 0 Å². The molecule has 1 aliphatic rings. The van der Waals surface area contributed by atoms with Gasteiger partial charge in [-0.3, -0.25) is 14.0 Å². The molecule has 0 aliphatic carbocycles. The van der Waals surface area contributed by atoms with Gasteiger partial charge in [0.1, 0.15) is 29.6 Å². The van der Waals surface area contributed by atoms with Crippen molar-refractivity contribution in [3.63, 3.8) is 0 Å². The van der Waals surface area contributed by atoms with E-state index in [4.69, 9.17) is 4.74 Å². The van der Waals surface area contributed by atoms with Crippen LogP contribution in [0.5, 0.6) is 5.75 Å². The quantitative estimate of drug-likeness (QED) is 0.384. The molecule has 10 heteroatoms. The Morgan fingerprint density at radius 3 is 2.46 bits per heavy atom. The molecular formula is C25H22FN5O3S. The first-order valence-corrected chi connectivity index (χ1v) is 12.3. The van der Waals surface area contributed by atoms with E-state index in [0.717, 1.165) is 26.7 Å². The number of para-hydroxylation sites is 1. The summed E-state index contributed by atoms with van der Waals surface area (Å²) in [6.07, 6.45) is 5.22. The first kappa shape index (κ1) is 22.7. The summed E-state index contributed by atoms with van der Waals surface area (Å²) in [6, 6.07) is 17.7. The molecule has 0 atom stereocenters. The number of halogens is 1. The summed E-state index contributed by atoms with van der Waals surface area (Å²) in [5, 5.41) is 4.57. The van der Waals surface area contributed by atoms with E-state index in [9.17, 15) is 12.8 Å². The maximum absolute atomic E-state index is 12.9. The highest BCUT2D eigenvalue weighted by molar-refractivity contribution is 7.90. The van der Waals surface area contributed by atoms with Crippen molar-refractivity contribution in [3.8, 4) is 28.1 Å². The van der Waals surface area contributed by atoms with E-state index < -0.39 is 16.7 Å². The zero-order chi connectivity index (χ0) is 24.4. The number of rotatable bonds is 7. The molecule has 1 aliphatic heterocycles. The van der Waals surface area contributed by atoms with Crippen molar-refractivity contribution in [2.45, 2.75) is 11.4 Å². The standard InChI is InChI=1S/C25H22FN5O3S/c1-30-24(28-22-4-2-3-5-23(22)35(30,32)33)17-34-20-8-6-19(7-9-20)25-21(16-31(29-25)15-12-26)18-10-13-27-14-11-18/h2-11,13-14,16H,12,15,17H2,1H3. The zero-order valence-electron chi connectivity index (χ0n) is 18.9. The van der Waals surface area contributed by atoms with Gasteiger partial charge in [-0.1, -0.05) is 12.1 Å². The van der Waals surface area contributed by atoms with Crippen LogP contribution in [0.3, 0.4) is 0 Å². The lowest BCUT2D eigenvalue weighted by Crippen LogP contribution is -2.38. The van der Waals surface area contributed by atoms with E-state index in [1.807, 2.05) is 30.5 Å². The second kappa shape index (κ2) is 9.30. The highest BCUT2D eigenvalue weighted by Gasteiger charge is 2.31. The third-order valence-electron chi connectivity index (χ3n) is 5.68. The topological polar surface area (TPSA) is 89.7 Å². The number of hydrogen-bond donors (Lipinski definition) is 0. The van der Waals surface area contributed by atoms with Crippen LogP contribution in [0.25, 0.3) is 22.4 Å². The number of fused-ring (bicyclic) bond motifs is 1. The fourth-order valence-electron chi connectivity index (χ4n) is 3.82. The number of alkyl halides is 1. The van der Waals surface area contributed by atoms with Gasteiger partial charge in [-0.05, 0) is 54.1 Å². The molecule has 35 heavy (non-hydrogen) atoms. The molecule has 0 radical (unpaired) electrons. The summed E-state index contributed by atoms with van der Waals surface area (Å²) in [7, 11) is -2.21. The molecule has 2 aromatic carbocycles. The Bertz CT molecular complexity index is 1490. The molecule has 0 spiro atoms. The van der Waals surface area contributed by atoms with Crippen LogP contribution in [0, 0.1) is 0 Å². The smallest absolute Gasteiger partial charge is 0.267 e. The second-order valence-electron chi connectivity index (χ2n) is 7.86. The number of nitrogens with zero attached hydrogens (tertiary/aromatic N) is 5. The van der Waals surface area contributed by atoms with E-state index in [2.05, 4.69) is 15.1 Å². The largest absolute Gasteiger partial charge is 0.486 e. The van der Waals surface area contributed by atoms with Crippen molar-refractivity contribution in [1.29, 1.82) is 0 Å². The van der Waals surface area contributed by atoms with Crippen molar-refractivity contribution in [1.82, 2.24) is 19.1 Å². The SMILES string of the molecule is CN1C(COc2ccc(-c3nn(CCF)cc3-c3ccncc3)cc2)=Nc2ccccc2S1(=O)=O. The van der Waals surface area contributed by atoms with Crippen molar-refractivity contribution < 1.29 is 17.5 Å². The van der Waals surface area contributed by atoms with Gasteiger partial charge in [0.25, 0.3) is 10.0 Å². The van der Waals surface area contributed by atoms with Crippen LogP contribution in [0.1, 0.15) is 0 Å². The number of amidine groups is 1. The Labute approximate surface area is 202 Å². The fourth-order valence-corrected chi connectivity index (χ4v) is 5.12. The van der Waals surface area contributed by atoms with Gasteiger partial charge in [0, 0.05) is 36.8 Å². The minimum Gasteiger partial charge on any atom is -0.486 e. The molecule has 0 saturated carbocycles. The Morgan fingerprint density at radius 2 is 1.71 bits per heavy atom. The molecule has 178 valence electrons. The fraction of sp³-hybridized carbons (Fsp3) is 0.160. The van der Waals surface area contributed by atoms with Gasteiger partial charge >= 0.3 is 0 Å². The molecule has 4 aromatic rings. The van der Waals surface area contributed by atoms with Gasteiger partial charge < -0.3 is 4.74 Å². The Hall–Kier alpha value is -4.05. The zero-order valence-corrected chi connectivity index (χ0v) is 19.7. The monoisotopic (exact) mass is 491 g/mol. The third-order valence-corrected chi connectivity index (χ3v) is 7.51. The van der Waals surface area contributed by atoms with E-state index in [1.165, 1.54) is 13.1 Å². The molecule has 0 saturated heterocycles. The average molecular weight is 492 g/mol. The first-order chi connectivity index (χ1) is 17.0. The van der Waals surface area contributed by atoms with Crippen LogP contribution >= 0.6 is 0 Å². The van der Waals surface area contributed by atoms with E-state index in [1.54, 1.807) is 47.4 Å². The van der Waals surface area contributed by atoms with Crippen molar-refractivity contribution in [2.24, 2.45) is 4.99 Å². The number of likely N-dealkylation sites (N-methyl/N-ethyl adjacent to an activating group) is 1. The van der Waals surface area contributed by atoms with E-state index in [0.29, 0.717) is 11.4 Å². The minimum atomic E-state index is -3.67. The number of aromatic nitrogens is 3. The number of aliphatic imine (C=N–C) groups is 1. The van der Waals surface area contributed by atoms with Crippen molar-refractivity contribution >= 4 is 21.5 Å². The normalized spacial score (nSPS) is 14.3. The molecule has 0 unspecified atom stereocenters. The van der Waals surface area contributed by atoms with Crippen LogP contribution in [0.15, 0.2) is 89.1 Å². The van der Waals surface area contributed by atoms with E-state index in [-0.39, 0.29) is 23.9 Å². The van der Waals surface area contributed by atoms with Crippen molar-refractivity contribution in [3.05, 3.63) is 79.3 Å². The molecule has 0 N–H and O–H groups in total. The summed E-state index contributed by atoms with van der Waals surface area (Å²) >= 11 is 0. The molecule has 0 bridgehead atoms. The Kier molecular flexibility index (Phi) is 6.04. The molecular weight excluding hydrogens is 469 g/mol. The third kappa shape index (κ3) is 4.40.